The van der Waals surface area contributed by atoms with Crippen molar-refractivity contribution in [3.63, 3.8) is 0 Å². The summed E-state index contributed by atoms with van der Waals surface area (Å²) in [5, 5.41) is 5.88. The van der Waals surface area contributed by atoms with Gasteiger partial charge in [-0.2, -0.15) is 0 Å². The number of hydrogen-bond acceptors (Lipinski definition) is 4. The fourth-order valence-corrected chi connectivity index (χ4v) is 4.71. The number of anilines is 1. The van der Waals surface area contributed by atoms with Crippen LogP contribution < -0.4 is 10.6 Å². The van der Waals surface area contributed by atoms with E-state index in [1.54, 1.807) is 25.7 Å². The van der Waals surface area contributed by atoms with E-state index in [4.69, 9.17) is 4.74 Å². The lowest BCUT2D eigenvalue weighted by atomic mass is 9.96. The zero-order valence-electron chi connectivity index (χ0n) is 24.1. The van der Waals surface area contributed by atoms with E-state index in [9.17, 15) is 14.4 Å². The molecule has 2 aromatic carbocycles. The lowest BCUT2D eigenvalue weighted by Gasteiger charge is -2.35. The van der Waals surface area contributed by atoms with Gasteiger partial charge in [-0.15, -0.1) is 0 Å². The van der Waals surface area contributed by atoms with Crippen LogP contribution in [0, 0.1) is 26.7 Å². The number of nitrogens with zero attached hydrogens (tertiary/aromatic N) is 1. The van der Waals surface area contributed by atoms with E-state index in [-0.39, 0.29) is 23.8 Å². The van der Waals surface area contributed by atoms with Crippen molar-refractivity contribution in [1.82, 2.24) is 10.2 Å². The van der Waals surface area contributed by atoms with Crippen LogP contribution >= 0.6 is 0 Å². The second-order valence-corrected chi connectivity index (χ2v) is 11.9. The van der Waals surface area contributed by atoms with Crippen LogP contribution in [0.3, 0.4) is 0 Å². The van der Waals surface area contributed by atoms with Crippen molar-refractivity contribution in [2.45, 2.75) is 98.4 Å². The summed E-state index contributed by atoms with van der Waals surface area (Å²) >= 11 is 0. The molecule has 2 N–H and O–H groups in total. The molecule has 1 aliphatic rings. The lowest BCUT2D eigenvalue weighted by molar-refractivity contribution is -0.141. The Labute approximate surface area is 227 Å². The minimum atomic E-state index is -0.844. The third-order valence-corrected chi connectivity index (χ3v) is 6.38. The second-order valence-electron chi connectivity index (χ2n) is 11.9. The standard InChI is InChI=1S/C31H43N3O4/c1-19(2)15-26(33-30(37)38-31(6,7)8)29(36)34(24-13-14-24)27(23-17-20(3)16-21(4)18-23)28(35)32-25-12-10-9-11-22(25)5/h9-12,16-19,24,26-27H,13-15H2,1-8H3,(H,32,35)(H,33,37). The van der Waals surface area contributed by atoms with Crippen LogP contribution in [0.15, 0.2) is 42.5 Å². The summed E-state index contributed by atoms with van der Waals surface area (Å²) in [6, 6.07) is 11.9. The Morgan fingerprint density at radius 2 is 1.61 bits per heavy atom. The van der Waals surface area contributed by atoms with Gasteiger partial charge in [0.25, 0.3) is 5.91 Å². The van der Waals surface area contributed by atoms with Crippen LogP contribution in [0.4, 0.5) is 10.5 Å². The Morgan fingerprint density at radius 3 is 2.13 bits per heavy atom. The molecule has 0 spiro atoms. The molecule has 7 nitrogen and oxygen atoms in total. The third-order valence-electron chi connectivity index (χ3n) is 6.38. The zero-order valence-corrected chi connectivity index (χ0v) is 24.1. The van der Waals surface area contributed by atoms with E-state index < -0.39 is 23.8 Å². The SMILES string of the molecule is Cc1cc(C)cc(C(C(=O)Nc2ccccc2C)N(C(=O)C(CC(C)C)NC(=O)OC(C)(C)C)C2CC2)c1. The first-order valence-electron chi connectivity index (χ1n) is 13.5. The Kier molecular flexibility index (Phi) is 9.23. The van der Waals surface area contributed by atoms with Gasteiger partial charge in [-0.25, -0.2) is 4.79 Å². The summed E-state index contributed by atoms with van der Waals surface area (Å²) in [7, 11) is 0. The van der Waals surface area contributed by atoms with Crippen LogP contribution in [0.1, 0.15) is 82.2 Å². The van der Waals surface area contributed by atoms with Crippen molar-refractivity contribution >= 4 is 23.6 Å². The van der Waals surface area contributed by atoms with E-state index in [1.165, 1.54) is 0 Å². The number of carbonyl (C=O) groups excluding carboxylic acids is 3. The molecule has 0 radical (unpaired) electrons. The Bertz CT molecular complexity index is 1140. The molecule has 2 aromatic rings. The molecule has 0 aliphatic heterocycles. The van der Waals surface area contributed by atoms with Gasteiger partial charge in [-0.05, 0) is 83.9 Å². The van der Waals surface area contributed by atoms with Gasteiger partial charge in [0, 0.05) is 11.7 Å². The van der Waals surface area contributed by atoms with Crippen LogP contribution in [-0.4, -0.2) is 40.5 Å². The van der Waals surface area contributed by atoms with Gasteiger partial charge in [-0.1, -0.05) is 61.4 Å². The quantitative estimate of drug-likeness (QED) is 0.410. The highest BCUT2D eigenvalue weighted by Crippen LogP contribution is 2.37. The number of hydrogen-bond donors (Lipinski definition) is 2. The Balaban J connectivity index is 2.03. The second kappa shape index (κ2) is 12.0. The summed E-state index contributed by atoms with van der Waals surface area (Å²) in [5.41, 5.74) is 3.74. The normalized spacial score (nSPS) is 15.0. The van der Waals surface area contributed by atoms with Gasteiger partial charge < -0.3 is 20.3 Å². The van der Waals surface area contributed by atoms with Crippen LogP contribution in [-0.2, 0) is 14.3 Å². The molecule has 1 aliphatic carbocycles. The number of alkyl carbamates (subject to hydrolysis) is 1. The summed E-state index contributed by atoms with van der Waals surface area (Å²) < 4.78 is 5.47. The third kappa shape index (κ3) is 8.07. The first-order valence-corrected chi connectivity index (χ1v) is 13.5. The number of ether oxygens (including phenoxy) is 1. The number of para-hydroxylation sites is 1. The molecule has 0 bridgehead atoms. The van der Waals surface area contributed by atoms with Crippen molar-refractivity contribution in [2.24, 2.45) is 5.92 Å². The van der Waals surface area contributed by atoms with Gasteiger partial charge in [0.15, 0.2) is 0 Å². The van der Waals surface area contributed by atoms with Crippen LogP contribution in [0.2, 0.25) is 0 Å². The maximum absolute atomic E-state index is 14.2. The lowest BCUT2D eigenvalue weighted by Crippen LogP contribution is -2.53. The fraction of sp³-hybridized carbons (Fsp3) is 0.516. The number of rotatable bonds is 9. The molecule has 0 heterocycles. The summed E-state index contributed by atoms with van der Waals surface area (Å²) in [6.07, 6.45) is 1.41. The number of amides is 3. The maximum atomic E-state index is 14.2. The van der Waals surface area contributed by atoms with E-state index in [1.807, 2.05) is 71.0 Å². The first-order chi connectivity index (χ1) is 17.7. The summed E-state index contributed by atoms with van der Waals surface area (Å²) in [5.74, 6) is -0.401. The van der Waals surface area contributed by atoms with Gasteiger partial charge in [0.2, 0.25) is 5.91 Å². The molecule has 0 saturated heterocycles. The molecule has 3 rings (SSSR count). The van der Waals surface area contributed by atoms with E-state index in [0.717, 1.165) is 35.1 Å². The molecule has 7 heteroatoms. The van der Waals surface area contributed by atoms with E-state index >= 15 is 0 Å². The smallest absolute Gasteiger partial charge is 0.408 e. The number of carbonyl (C=O) groups is 3. The molecule has 38 heavy (non-hydrogen) atoms. The highest BCUT2D eigenvalue weighted by Gasteiger charge is 2.44. The summed E-state index contributed by atoms with van der Waals surface area (Å²) in [6.45, 7) is 15.3. The van der Waals surface area contributed by atoms with E-state index in [2.05, 4.69) is 16.7 Å². The molecule has 1 saturated carbocycles. The van der Waals surface area contributed by atoms with E-state index in [0.29, 0.717) is 12.1 Å². The number of nitrogens with one attached hydrogen (secondary N) is 2. The molecule has 1 fully saturated rings. The number of aryl methyl sites for hydroxylation is 3. The topological polar surface area (TPSA) is 87.7 Å². The van der Waals surface area contributed by atoms with Gasteiger partial charge in [-0.3, -0.25) is 9.59 Å². The molecule has 206 valence electrons. The number of benzene rings is 2. The van der Waals surface area contributed by atoms with Crippen molar-refractivity contribution in [3.05, 3.63) is 64.7 Å². The monoisotopic (exact) mass is 521 g/mol. The largest absolute Gasteiger partial charge is 0.444 e. The maximum Gasteiger partial charge on any atom is 0.408 e. The fourth-order valence-electron chi connectivity index (χ4n) is 4.71. The molecule has 2 unspecified atom stereocenters. The van der Waals surface area contributed by atoms with Gasteiger partial charge in [0.05, 0.1) is 0 Å². The molecule has 0 aromatic heterocycles. The molecule has 3 amide bonds. The molecular formula is C31H43N3O4. The Hall–Kier alpha value is -3.35. The van der Waals surface area contributed by atoms with Gasteiger partial charge >= 0.3 is 6.09 Å². The van der Waals surface area contributed by atoms with Crippen molar-refractivity contribution < 1.29 is 19.1 Å². The van der Waals surface area contributed by atoms with Crippen LogP contribution in [0.5, 0.6) is 0 Å². The minimum Gasteiger partial charge on any atom is -0.444 e. The predicted octanol–water partition coefficient (Wildman–Crippen LogP) is 6.22. The minimum absolute atomic E-state index is 0.0777. The van der Waals surface area contributed by atoms with Crippen molar-refractivity contribution in [3.8, 4) is 0 Å². The highest BCUT2D eigenvalue weighted by molar-refractivity contribution is 5.99. The molecular weight excluding hydrogens is 478 g/mol. The summed E-state index contributed by atoms with van der Waals surface area (Å²) in [4.78, 5) is 42.7. The van der Waals surface area contributed by atoms with Crippen molar-refractivity contribution in [1.29, 1.82) is 0 Å². The zero-order chi connectivity index (χ0) is 28.2. The predicted molar refractivity (Wildman–Crippen MR) is 151 cm³/mol. The molecule has 2 atom stereocenters. The highest BCUT2D eigenvalue weighted by atomic mass is 16.6. The van der Waals surface area contributed by atoms with Gasteiger partial charge in [0.1, 0.15) is 17.7 Å². The van der Waals surface area contributed by atoms with Crippen molar-refractivity contribution in [2.75, 3.05) is 5.32 Å². The van der Waals surface area contributed by atoms with Crippen LogP contribution in [0.25, 0.3) is 0 Å². The Morgan fingerprint density at radius 1 is 1.00 bits per heavy atom. The first kappa shape index (κ1) is 29.2. The average molecular weight is 522 g/mol. The average Bonchev–Trinajstić information content (AvgIpc) is 3.60.